The molecule has 5 nitrogen and oxygen atoms in total. The van der Waals surface area contributed by atoms with E-state index in [-0.39, 0.29) is 0 Å². The van der Waals surface area contributed by atoms with Crippen LogP contribution >= 0.6 is 0 Å². The van der Waals surface area contributed by atoms with E-state index in [0.29, 0.717) is 18.9 Å². The molecule has 0 radical (unpaired) electrons. The van der Waals surface area contributed by atoms with Gasteiger partial charge in [0.15, 0.2) is 5.82 Å². The second-order valence-electron chi connectivity index (χ2n) is 4.81. The molecule has 0 aliphatic carbocycles. The molecule has 0 saturated heterocycles. The van der Waals surface area contributed by atoms with Crippen LogP contribution in [0.15, 0.2) is 48.1 Å². The van der Waals surface area contributed by atoms with Crippen molar-refractivity contribution < 1.29 is 8.42 Å². The third-order valence-electron chi connectivity index (χ3n) is 3.43. The van der Waals surface area contributed by atoms with Gasteiger partial charge in [0.05, 0.1) is 0 Å². The third-order valence-corrected chi connectivity index (χ3v) is 4.94. The van der Waals surface area contributed by atoms with Crippen LogP contribution in [0, 0.1) is 0 Å². The summed E-state index contributed by atoms with van der Waals surface area (Å²) < 4.78 is 26.2. The molecular weight excluding hydrogens is 286 g/mol. The summed E-state index contributed by atoms with van der Waals surface area (Å²) in [5.74, 6) is 0.387. The molecule has 0 atom stereocenters. The summed E-state index contributed by atoms with van der Waals surface area (Å²) in [5.41, 5.74) is 2.29. The predicted molar refractivity (Wildman–Crippen MR) is 80.5 cm³/mol. The Bertz CT molecular complexity index is 757. The number of hydrogen-bond acceptors (Lipinski definition) is 4. The first kappa shape index (κ1) is 13.9. The Balaban J connectivity index is 1.79. The number of benzene rings is 1. The maximum atomic E-state index is 12.4. The number of sulfonamides is 1. The van der Waals surface area contributed by atoms with Gasteiger partial charge < -0.3 is 0 Å². The molecule has 21 heavy (non-hydrogen) atoms. The molecule has 108 valence electrons. The van der Waals surface area contributed by atoms with Gasteiger partial charge in [-0.25, -0.2) is 18.4 Å². The first-order chi connectivity index (χ1) is 10.1. The zero-order valence-corrected chi connectivity index (χ0v) is 12.2. The largest absolute Gasteiger partial charge is 0.237 e. The molecule has 1 aliphatic rings. The Morgan fingerprint density at radius 2 is 1.76 bits per heavy atom. The molecule has 0 saturated carbocycles. The SMILES string of the molecule is O=S(=O)(/C=C/c1ncccn1)N1CCc2ccccc2C1. The van der Waals surface area contributed by atoms with E-state index in [4.69, 9.17) is 0 Å². The number of nitrogens with zero attached hydrogens (tertiary/aromatic N) is 3. The van der Waals surface area contributed by atoms with Crippen LogP contribution in [-0.4, -0.2) is 29.2 Å². The second-order valence-corrected chi connectivity index (χ2v) is 6.63. The van der Waals surface area contributed by atoms with Gasteiger partial charge in [-0.3, -0.25) is 0 Å². The highest BCUT2D eigenvalue weighted by Gasteiger charge is 2.24. The predicted octanol–water partition coefficient (Wildman–Crippen LogP) is 1.84. The van der Waals surface area contributed by atoms with E-state index in [9.17, 15) is 8.42 Å². The van der Waals surface area contributed by atoms with Gasteiger partial charge in [0, 0.05) is 30.9 Å². The van der Waals surface area contributed by atoms with Crippen molar-refractivity contribution in [1.82, 2.24) is 14.3 Å². The highest BCUT2D eigenvalue weighted by atomic mass is 32.2. The summed E-state index contributed by atoms with van der Waals surface area (Å²) in [6, 6.07) is 9.62. The molecule has 0 bridgehead atoms. The summed E-state index contributed by atoms with van der Waals surface area (Å²) in [7, 11) is -3.45. The van der Waals surface area contributed by atoms with E-state index < -0.39 is 10.0 Å². The molecule has 2 aromatic rings. The van der Waals surface area contributed by atoms with Gasteiger partial charge in [0.25, 0.3) is 0 Å². The monoisotopic (exact) mass is 301 g/mol. The van der Waals surface area contributed by atoms with Crippen LogP contribution in [0.25, 0.3) is 6.08 Å². The molecule has 0 spiro atoms. The summed E-state index contributed by atoms with van der Waals surface area (Å²) in [4.78, 5) is 7.96. The molecule has 0 unspecified atom stereocenters. The molecule has 1 aromatic heterocycles. The summed E-state index contributed by atoms with van der Waals surface area (Å²) in [5, 5.41) is 1.18. The van der Waals surface area contributed by atoms with Crippen molar-refractivity contribution in [3.63, 3.8) is 0 Å². The van der Waals surface area contributed by atoms with Crippen molar-refractivity contribution in [2.75, 3.05) is 6.54 Å². The number of hydrogen-bond donors (Lipinski definition) is 0. The van der Waals surface area contributed by atoms with E-state index >= 15 is 0 Å². The molecule has 2 heterocycles. The number of fused-ring (bicyclic) bond motifs is 1. The Morgan fingerprint density at radius 3 is 2.52 bits per heavy atom. The number of aromatic nitrogens is 2. The summed E-state index contributed by atoms with van der Waals surface area (Å²) in [6.07, 6.45) is 5.33. The maximum absolute atomic E-state index is 12.4. The molecule has 1 aliphatic heterocycles. The number of rotatable bonds is 3. The topological polar surface area (TPSA) is 63.2 Å². The molecule has 1 aromatic carbocycles. The fraction of sp³-hybridized carbons (Fsp3) is 0.200. The van der Waals surface area contributed by atoms with E-state index in [1.54, 1.807) is 18.5 Å². The van der Waals surface area contributed by atoms with Crippen molar-refractivity contribution in [1.29, 1.82) is 0 Å². The van der Waals surface area contributed by atoms with Crippen molar-refractivity contribution >= 4 is 16.1 Å². The zero-order valence-electron chi connectivity index (χ0n) is 11.4. The van der Waals surface area contributed by atoms with E-state index in [2.05, 4.69) is 9.97 Å². The van der Waals surface area contributed by atoms with Crippen LogP contribution in [0.4, 0.5) is 0 Å². The molecule has 0 N–H and O–H groups in total. The average molecular weight is 301 g/mol. The van der Waals surface area contributed by atoms with E-state index in [1.807, 2.05) is 24.3 Å². The average Bonchev–Trinajstić information content (AvgIpc) is 2.53. The van der Waals surface area contributed by atoms with Gasteiger partial charge in [-0.05, 0) is 29.7 Å². The Hall–Kier alpha value is -2.05. The normalized spacial score (nSPS) is 16.0. The van der Waals surface area contributed by atoms with Crippen LogP contribution in [0.5, 0.6) is 0 Å². The van der Waals surface area contributed by atoms with Gasteiger partial charge in [-0.2, -0.15) is 4.31 Å². The first-order valence-corrected chi connectivity index (χ1v) is 8.17. The smallest absolute Gasteiger partial charge is 0.236 e. The Kier molecular flexibility index (Phi) is 3.81. The lowest BCUT2D eigenvalue weighted by Gasteiger charge is -2.26. The highest BCUT2D eigenvalue weighted by Crippen LogP contribution is 2.21. The van der Waals surface area contributed by atoms with Crippen LogP contribution in [0.3, 0.4) is 0 Å². The lowest BCUT2D eigenvalue weighted by molar-refractivity contribution is 0.397. The van der Waals surface area contributed by atoms with E-state index in [1.165, 1.54) is 21.4 Å². The third kappa shape index (κ3) is 3.17. The van der Waals surface area contributed by atoms with Gasteiger partial charge in [0.1, 0.15) is 0 Å². The second kappa shape index (κ2) is 5.75. The van der Waals surface area contributed by atoms with Crippen LogP contribution in [0.1, 0.15) is 17.0 Å². The first-order valence-electron chi connectivity index (χ1n) is 6.67. The summed E-state index contributed by atoms with van der Waals surface area (Å²) in [6.45, 7) is 0.915. The van der Waals surface area contributed by atoms with Gasteiger partial charge in [0.2, 0.25) is 10.0 Å². The standard InChI is InChI=1S/C15H15N3O2S/c19-21(20,11-7-15-16-8-3-9-17-15)18-10-6-13-4-1-2-5-14(13)12-18/h1-5,7-9,11H,6,10,12H2/b11-7+. The lowest BCUT2D eigenvalue weighted by Crippen LogP contribution is -2.34. The Labute approximate surface area is 124 Å². The molecular formula is C15H15N3O2S. The van der Waals surface area contributed by atoms with Gasteiger partial charge in [-0.1, -0.05) is 24.3 Å². The highest BCUT2D eigenvalue weighted by molar-refractivity contribution is 7.92. The van der Waals surface area contributed by atoms with Crippen molar-refractivity contribution in [3.05, 3.63) is 65.1 Å². The van der Waals surface area contributed by atoms with Crippen LogP contribution in [0.2, 0.25) is 0 Å². The Morgan fingerprint density at radius 1 is 1.05 bits per heavy atom. The fourth-order valence-corrected chi connectivity index (χ4v) is 3.45. The minimum Gasteiger partial charge on any atom is -0.237 e. The minimum absolute atomic E-state index is 0.387. The molecule has 6 heteroatoms. The lowest BCUT2D eigenvalue weighted by atomic mass is 10.0. The minimum atomic E-state index is -3.45. The van der Waals surface area contributed by atoms with Crippen molar-refractivity contribution in [3.8, 4) is 0 Å². The van der Waals surface area contributed by atoms with Crippen molar-refractivity contribution in [2.24, 2.45) is 0 Å². The van der Waals surface area contributed by atoms with Crippen LogP contribution in [-0.2, 0) is 23.0 Å². The summed E-state index contributed by atoms with van der Waals surface area (Å²) >= 11 is 0. The molecule has 0 amide bonds. The zero-order chi connectivity index (χ0) is 14.7. The van der Waals surface area contributed by atoms with E-state index in [0.717, 1.165) is 12.0 Å². The fourth-order valence-electron chi connectivity index (χ4n) is 2.32. The van der Waals surface area contributed by atoms with Crippen molar-refractivity contribution in [2.45, 2.75) is 13.0 Å². The van der Waals surface area contributed by atoms with Gasteiger partial charge >= 0.3 is 0 Å². The van der Waals surface area contributed by atoms with Crippen LogP contribution < -0.4 is 0 Å². The molecule has 0 fully saturated rings. The quantitative estimate of drug-likeness (QED) is 0.867. The maximum Gasteiger partial charge on any atom is 0.236 e. The molecule has 3 rings (SSSR count). The van der Waals surface area contributed by atoms with Gasteiger partial charge in [-0.15, -0.1) is 0 Å².